The van der Waals surface area contributed by atoms with Gasteiger partial charge in [-0.05, 0) is 23.8 Å². The van der Waals surface area contributed by atoms with Gasteiger partial charge in [0.15, 0.2) is 0 Å². The molecule has 2 N–H and O–H groups in total. The van der Waals surface area contributed by atoms with E-state index < -0.39 is 5.82 Å². The average molecular weight is 267 g/mol. The van der Waals surface area contributed by atoms with Crippen molar-refractivity contribution in [3.8, 4) is 0 Å². The van der Waals surface area contributed by atoms with Crippen LogP contribution in [0.1, 0.15) is 5.56 Å². The summed E-state index contributed by atoms with van der Waals surface area (Å²) in [5, 5.41) is 6.08. The Labute approximate surface area is 109 Å². The second-order valence-electron chi connectivity index (χ2n) is 3.62. The lowest BCUT2D eigenvalue weighted by Gasteiger charge is -2.07. The van der Waals surface area contributed by atoms with E-state index in [1.807, 2.05) is 0 Å². The molecule has 0 saturated heterocycles. The first-order chi connectivity index (χ1) is 8.69. The van der Waals surface area contributed by atoms with Gasteiger partial charge < -0.3 is 10.6 Å². The minimum atomic E-state index is -0.417. The van der Waals surface area contributed by atoms with Gasteiger partial charge in [0, 0.05) is 19.8 Å². The first-order valence-corrected chi connectivity index (χ1v) is 5.75. The van der Waals surface area contributed by atoms with E-state index in [0.717, 1.165) is 5.56 Å². The van der Waals surface area contributed by atoms with Crippen molar-refractivity contribution in [3.05, 3.63) is 46.9 Å². The van der Waals surface area contributed by atoms with Gasteiger partial charge in [-0.25, -0.2) is 9.37 Å². The number of hydrogen-bond donors (Lipinski definition) is 2. The van der Waals surface area contributed by atoms with Crippen LogP contribution < -0.4 is 10.6 Å². The van der Waals surface area contributed by atoms with Crippen molar-refractivity contribution in [2.75, 3.05) is 17.7 Å². The molecule has 0 fully saturated rings. The van der Waals surface area contributed by atoms with Crippen LogP contribution in [-0.2, 0) is 6.54 Å². The lowest BCUT2D eigenvalue weighted by molar-refractivity contribution is 0.627. The van der Waals surface area contributed by atoms with Crippen molar-refractivity contribution >= 4 is 23.4 Å². The SMILES string of the molecule is CNc1nccc(NCc2ccc(F)c(Cl)c2)n1. The van der Waals surface area contributed by atoms with Crippen molar-refractivity contribution in [2.24, 2.45) is 0 Å². The molecule has 0 unspecified atom stereocenters. The van der Waals surface area contributed by atoms with Crippen LogP contribution in [0.15, 0.2) is 30.5 Å². The quantitative estimate of drug-likeness (QED) is 0.893. The molecule has 6 heteroatoms. The number of benzene rings is 1. The largest absolute Gasteiger partial charge is 0.366 e. The van der Waals surface area contributed by atoms with Crippen molar-refractivity contribution in [1.29, 1.82) is 0 Å². The maximum absolute atomic E-state index is 13.0. The normalized spacial score (nSPS) is 10.2. The molecule has 0 aliphatic rings. The predicted octanol–water partition coefficient (Wildman–Crippen LogP) is 2.92. The van der Waals surface area contributed by atoms with Gasteiger partial charge in [-0.15, -0.1) is 0 Å². The average Bonchev–Trinajstić information content (AvgIpc) is 2.40. The van der Waals surface area contributed by atoms with Crippen molar-refractivity contribution in [2.45, 2.75) is 6.54 Å². The van der Waals surface area contributed by atoms with Crippen LogP contribution in [-0.4, -0.2) is 17.0 Å². The van der Waals surface area contributed by atoms with E-state index in [2.05, 4.69) is 20.6 Å². The van der Waals surface area contributed by atoms with Gasteiger partial charge in [0.05, 0.1) is 5.02 Å². The summed E-state index contributed by atoms with van der Waals surface area (Å²) in [6.45, 7) is 0.514. The number of hydrogen-bond acceptors (Lipinski definition) is 4. The number of nitrogens with zero attached hydrogens (tertiary/aromatic N) is 2. The van der Waals surface area contributed by atoms with Gasteiger partial charge in [0.1, 0.15) is 11.6 Å². The summed E-state index contributed by atoms with van der Waals surface area (Å²) in [5.41, 5.74) is 0.881. The van der Waals surface area contributed by atoms with Crippen LogP contribution in [0.2, 0.25) is 5.02 Å². The van der Waals surface area contributed by atoms with Crippen LogP contribution in [0.4, 0.5) is 16.2 Å². The van der Waals surface area contributed by atoms with Crippen molar-refractivity contribution < 1.29 is 4.39 Å². The van der Waals surface area contributed by atoms with E-state index in [9.17, 15) is 4.39 Å². The highest BCUT2D eigenvalue weighted by molar-refractivity contribution is 6.30. The Hall–Kier alpha value is -1.88. The van der Waals surface area contributed by atoms with Crippen molar-refractivity contribution in [1.82, 2.24) is 9.97 Å². The lowest BCUT2D eigenvalue weighted by Crippen LogP contribution is -2.04. The van der Waals surface area contributed by atoms with Gasteiger partial charge >= 0.3 is 0 Å². The Kier molecular flexibility index (Phi) is 3.94. The first kappa shape index (κ1) is 12.6. The predicted molar refractivity (Wildman–Crippen MR) is 70.3 cm³/mol. The monoisotopic (exact) mass is 266 g/mol. The second-order valence-corrected chi connectivity index (χ2v) is 4.02. The van der Waals surface area contributed by atoms with Crippen LogP contribution in [0.3, 0.4) is 0 Å². The van der Waals surface area contributed by atoms with Crippen LogP contribution in [0.25, 0.3) is 0 Å². The summed E-state index contributed by atoms with van der Waals surface area (Å²) in [4.78, 5) is 8.21. The molecule has 2 rings (SSSR count). The highest BCUT2D eigenvalue weighted by Gasteiger charge is 2.02. The molecule has 0 radical (unpaired) electrons. The van der Waals surface area contributed by atoms with E-state index in [0.29, 0.717) is 18.3 Å². The molecule has 2 aromatic rings. The van der Waals surface area contributed by atoms with E-state index in [4.69, 9.17) is 11.6 Å². The van der Waals surface area contributed by atoms with E-state index in [-0.39, 0.29) is 5.02 Å². The molecule has 1 aromatic carbocycles. The van der Waals surface area contributed by atoms with E-state index in [1.165, 1.54) is 6.07 Å². The zero-order chi connectivity index (χ0) is 13.0. The Balaban J connectivity index is 2.04. The number of anilines is 2. The summed E-state index contributed by atoms with van der Waals surface area (Å²) in [7, 11) is 1.75. The molecule has 94 valence electrons. The minimum Gasteiger partial charge on any atom is -0.366 e. The third kappa shape index (κ3) is 3.07. The Morgan fingerprint density at radius 3 is 2.89 bits per heavy atom. The zero-order valence-electron chi connectivity index (χ0n) is 9.74. The van der Waals surface area contributed by atoms with Gasteiger partial charge in [0.2, 0.25) is 5.95 Å². The smallest absolute Gasteiger partial charge is 0.224 e. The Morgan fingerprint density at radius 1 is 1.33 bits per heavy atom. The molecule has 1 heterocycles. The highest BCUT2D eigenvalue weighted by atomic mass is 35.5. The number of nitrogens with one attached hydrogen (secondary N) is 2. The van der Waals surface area contributed by atoms with Gasteiger partial charge in [-0.2, -0.15) is 4.98 Å². The second kappa shape index (κ2) is 5.64. The van der Waals surface area contributed by atoms with Gasteiger partial charge in [-0.3, -0.25) is 0 Å². The molecule has 4 nitrogen and oxygen atoms in total. The molecule has 0 saturated carbocycles. The fourth-order valence-corrected chi connectivity index (χ4v) is 1.62. The summed E-state index contributed by atoms with van der Waals surface area (Å²) < 4.78 is 13.0. The topological polar surface area (TPSA) is 49.8 Å². The zero-order valence-corrected chi connectivity index (χ0v) is 10.5. The third-order valence-electron chi connectivity index (χ3n) is 2.34. The van der Waals surface area contributed by atoms with Gasteiger partial charge in [-0.1, -0.05) is 17.7 Å². The molecule has 0 spiro atoms. The Morgan fingerprint density at radius 2 is 2.17 bits per heavy atom. The van der Waals surface area contributed by atoms with Crippen molar-refractivity contribution in [3.63, 3.8) is 0 Å². The summed E-state index contributed by atoms with van der Waals surface area (Å²) in [5.74, 6) is 0.812. The third-order valence-corrected chi connectivity index (χ3v) is 2.63. The molecular formula is C12H12ClFN4. The highest BCUT2D eigenvalue weighted by Crippen LogP contribution is 2.16. The molecule has 0 amide bonds. The number of aromatic nitrogens is 2. The maximum Gasteiger partial charge on any atom is 0.224 e. The summed E-state index contributed by atoms with van der Waals surface area (Å²) in [6, 6.07) is 6.36. The van der Waals surface area contributed by atoms with Crippen LogP contribution in [0.5, 0.6) is 0 Å². The van der Waals surface area contributed by atoms with E-state index >= 15 is 0 Å². The Bertz CT molecular complexity index is 547. The number of rotatable bonds is 4. The van der Waals surface area contributed by atoms with Gasteiger partial charge in [0.25, 0.3) is 0 Å². The molecular weight excluding hydrogens is 255 g/mol. The molecule has 18 heavy (non-hydrogen) atoms. The maximum atomic E-state index is 13.0. The number of halogens is 2. The molecule has 0 aliphatic carbocycles. The fraction of sp³-hybridized carbons (Fsp3) is 0.167. The van der Waals surface area contributed by atoms with Crippen LogP contribution >= 0.6 is 11.6 Å². The molecule has 0 aliphatic heterocycles. The fourth-order valence-electron chi connectivity index (χ4n) is 1.42. The standard InChI is InChI=1S/C12H12ClFN4/c1-15-12-16-5-4-11(18-12)17-7-8-2-3-10(14)9(13)6-8/h2-6H,7H2,1H3,(H2,15,16,17,18). The minimum absolute atomic E-state index is 0.118. The molecule has 1 aromatic heterocycles. The molecule has 0 atom stereocenters. The summed E-state index contributed by atoms with van der Waals surface area (Å²) in [6.07, 6.45) is 1.65. The summed E-state index contributed by atoms with van der Waals surface area (Å²) >= 11 is 5.70. The van der Waals surface area contributed by atoms with Crippen LogP contribution in [0, 0.1) is 5.82 Å². The van der Waals surface area contributed by atoms with E-state index in [1.54, 1.807) is 31.4 Å². The first-order valence-electron chi connectivity index (χ1n) is 5.37. The lowest BCUT2D eigenvalue weighted by atomic mass is 10.2. The molecule has 0 bridgehead atoms.